The van der Waals surface area contributed by atoms with E-state index in [1.54, 1.807) is 0 Å². The fourth-order valence-corrected chi connectivity index (χ4v) is 4.52. The quantitative estimate of drug-likeness (QED) is 0.548. The third-order valence-electron chi connectivity index (χ3n) is 4.26. The number of halogens is 1. The second-order valence-corrected chi connectivity index (χ2v) is 8.08. The van der Waals surface area contributed by atoms with Crippen molar-refractivity contribution in [1.29, 1.82) is 0 Å². The summed E-state index contributed by atoms with van der Waals surface area (Å²) in [5, 5.41) is 6.28. The SMILES string of the molecule is Cl.O=C(CN1CCCS1(=O)=O)NCCNC1CCCCCC1. The Morgan fingerprint density at radius 2 is 1.73 bits per heavy atom. The van der Waals surface area contributed by atoms with Crippen LogP contribution < -0.4 is 10.6 Å². The molecule has 0 aromatic carbocycles. The Morgan fingerprint density at radius 3 is 2.32 bits per heavy atom. The van der Waals surface area contributed by atoms with Gasteiger partial charge in [-0.2, -0.15) is 4.31 Å². The molecule has 130 valence electrons. The van der Waals surface area contributed by atoms with Crippen LogP contribution in [-0.4, -0.2) is 56.6 Å². The Kier molecular flexibility index (Phi) is 8.67. The lowest BCUT2D eigenvalue weighted by molar-refractivity contribution is -0.121. The first-order chi connectivity index (χ1) is 10.1. The van der Waals surface area contributed by atoms with Crippen LogP contribution in [0, 0.1) is 0 Å². The molecule has 0 aromatic heterocycles. The Labute approximate surface area is 139 Å². The van der Waals surface area contributed by atoms with Gasteiger partial charge in [-0.25, -0.2) is 8.42 Å². The molecule has 0 radical (unpaired) electrons. The van der Waals surface area contributed by atoms with Crippen LogP contribution in [0.3, 0.4) is 0 Å². The highest BCUT2D eigenvalue weighted by molar-refractivity contribution is 7.89. The number of amides is 1. The first-order valence-electron chi connectivity index (χ1n) is 8.06. The lowest BCUT2D eigenvalue weighted by atomic mass is 10.1. The first kappa shape index (κ1) is 19.7. The standard InChI is InChI=1S/C14H27N3O3S.ClH/c18-14(12-17-10-5-11-21(17,19)20)16-9-8-15-13-6-3-1-2-4-7-13;/h13,15H,1-12H2,(H,16,18);1H. The van der Waals surface area contributed by atoms with E-state index >= 15 is 0 Å². The van der Waals surface area contributed by atoms with Crippen LogP contribution in [0.2, 0.25) is 0 Å². The van der Waals surface area contributed by atoms with Crippen molar-refractivity contribution in [1.82, 2.24) is 14.9 Å². The number of sulfonamides is 1. The summed E-state index contributed by atoms with van der Waals surface area (Å²) in [5.41, 5.74) is 0. The van der Waals surface area contributed by atoms with E-state index in [4.69, 9.17) is 0 Å². The average Bonchev–Trinajstić information content (AvgIpc) is 2.67. The molecule has 2 rings (SSSR count). The minimum absolute atomic E-state index is 0. The Hall–Kier alpha value is -0.370. The van der Waals surface area contributed by atoms with Gasteiger partial charge in [-0.1, -0.05) is 25.7 Å². The Bertz CT molecular complexity index is 437. The summed E-state index contributed by atoms with van der Waals surface area (Å²) in [4.78, 5) is 11.7. The summed E-state index contributed by atoms with van der Waals surface area (Å²) in [5.74, 6) is -0.0353. The molecule has 1 amide bonds. The van der Waals surface area contributed by atoms with Gasteiger partial charge in [0, 0.05) is 25.7 Å². The second-order valence-electron chi connectivity index (χ2n) is 6.00. The molecule has 0 bridgehead atoms. The number of nitrogens with one attached hydrogen (secondary N) is 2. The maximum Gasteiger partial charge on any atom is 0.235 e. The molecule has 1 saturated carbocycles. The Morgan fingerprint density at radius 1 is 1.05 bits per heavy atom. The largest absolute Gasteiger partial charge is 0.354 e. The Balaban J connectivity index is 0.00000242. The second kappa shape index (κ2) is 9.70. The van der Waals surface area contributed by atoms with Gasteiger partial charge in [-0.3, -0.25) is 4.79 Å². The summed E-state index contributed by atoms with van der Waals surface area (Å²) in [6.07, 6.45) is 8.31. The normalized spacial score (nSPS) is 22.7. The molecule has 6 nitrogen and oxygen atoms in total. The van der Waals surface area contributed by atoms with Crippen LogP contribution in [0.5, 0.6) is 0 Å². The van der Waals surface area contributed by atoms with Crippen molar-refractivity contribution < 1.29 is 13.2 Å². The highest BCUT2D eigenvalue weighted by Gasteiger charge is 2.29. The molecule has 0 spiro atoms. The summed E-state index contributed by atoms with van der Waals surface area (Å²) >= 11 is 0. The molecular formula is C14H28ClN3O3S. The molecule has 2 aliphatic rings. The zero-order valence-corrected chi connectivity index (χ0v) is 14.7. The number of nitrogens with zero attached hydrogens (tertiary/aromatic N) is 1. The summed E-state index contributed by atoms with van der Waals surface area (Å²) in [7, 11) is -3.18. The van der Waals surface area contributed by atoms with Crippen molar-refractivity contribution in [3.63, 3.8) is 0 Å². The van der Waals surface area contributed by atoms with E-state index in [0.29, 0.717) is 25.6 Å². The predicted octanol–water partition coefficient (Wildman–Crippen LogP) is 0.872. The van der Waals surface area contributed by atoms with Gasteiger partial charge in [0.25, 0.3) is 0 Å². The van der Waals surface area contributed by atoms with Gasteiger partial charge in [0.05, 0.1) is 12.3 Å². The molecule has 0 unspecified atom stereocenters. The van der Waals surface area contributed by atoms with Crippen molar-refractivity contribution in [2.45, 2.75) is 51.0 Å². The van der Waals surface area contributed by atoms with E-state index in [2.05, 4.69) is 10.6 Å². The maximum atomic E-state index is 11.7. The van der Waals surface area contributed by atoms with Gasteiger partial charge in [-0.15, -0.1) is 12.4 Å². The van der Waals surface area contributed by atoms with E-state index in [1.807, 2.05) is 0 Å². The van der Waals surface area contributed by atoms with Gasteiger partial charge in [0.1, 0.15) is 0 Å². The van der Waals surface area contributed by atoms with Gasteiger partial charge in [0.2, 0.25) is 15.9 Å². The maximum absolute atomic E-state index is 11.7. The van der Waals surface area contributed by atoms with Gasteiger partial charge in [-0.05, 0) is 19.3 Å². The number of carbonyl (C=O) groups excluding carboxylic acids is 1. The number of carbonyl (C=O) groups is 1. The molecule has 22 heavy (non-hydrogen) atoms. The summed E-state index contributed by atoms with van der Waals surface area (Å²) in [6.45, 7) is 1.74. The zero-order chi connectivity index (χ0) is 15.1. The van der Waals surface area contributed by atoms with Crippen LogP contribution in [0.1, 0.15) is 44.9 Å². The van der Waals surface area contributed by atoms with Gasteiger partial charge < -0.3 is 10.6 Å². The molecule has 1 heterocycles. The first-order valence-corrected chi connectivity index (χ1v) is 9.67. The van der Waals surface area contributed by atoms with Crippen molar-refractivity contribution in [3.05, 3.63) is 0 Å². The molecular weight excluding hydrogens is 326 g/mol. The molecule has 2 N–H and O–H groups in total. The van der Waals surface area contributed by atoms with Crippen LogP contribution >= 0.6 is 12.4 Å². The monoisotopic (exact) mass is 353 g/mol. The number of hydrogen-bond donors (Lipinski definition) is 2. The highest BCUT2D eigenvalue weighted by atomic mass is 35.5. The zero-order valence-electron chi connectivity index (χ0n) is 13.1. The van der Waals surface area contributed by atoms with E-state index in [-0.39, 0.29) is 30.6 Å². The molecule has 8 heteroatoms. The van der Waals surface area contributed by atoms with E-state index in [0.717, 1.165) is 6.54 Å². The van der Waals surface area contributed by atoms with Crippen molar-refractivity contribution in [2.24, 2.45) is 0 Å². The molecule has 0 atom stereocenters. The molecule has 0 aromatic rings. The van der Waals surface area contributed by atoms with Gasteiger partial charge >= 0.3 is 0 Å². The van der Waals surface area contributed by atoms with E-state index in [1.165, 1.54) is 42.8 Å². The average molecular weight is 354 g/mol. The number of rotatable bonds is 6. The van der Waals surface area contributed by atoms with Gasteiger partial charge in [0.15, 0.2) is 0 Å². The minimum atomic E-state index is -3.18. The van der Waals surface area contributed by atoms with Crippen LogP contribution in [0.25, 0.3) is 0 Å². The van der Waals surface area contributed by atoms with Crippen molar-refractivity contribution in [2.75, 3.05) is 31.9 Å². The predicted molar refractivity (Wildman–Crippen MR) is 89.7 cm³/mol. The van der Waals surface area contributed by atoms with Crippen molar-refractivity contribution >= 4 is 28.3 Å². The molecule has 1 saturated heterocycles. The summed E-state index contributed by atoms with van der Waals surface area (Å²) < 4.78 is 24.5. The third-order valence-corrected chi connectivity index (χ3v) is 6.16. The highest BCUT2D eigenvalue weighted by Crippen LogP contribution is 2.16. The summed E-state index contributed by atoms with van der Waals surface area (Å²) in [6, 6.07) is 0.573. The molecule has 1 aliphatic heterocycles. The lowest BCUT2D eigenvalue weighted by Crippen LogP contribution is -2.41. The van der Waals surface area contributed by atoms with Crippen LogP contribution in [0.15, 0.2) is 0 Å². The van der Waals surface area contributed by atoms with Crippen LogP contribution in [-0.2, 0) is 14.8 Å². The lowest BCUT2D eigenvalue weighted by Gasteiger charge is -2.17. The fraction of sp³-hybridized carbons (Fsp3) is 0.929. The molecule has 2 fully saturated rings. The molecule has 1 aliphatic carbocycles. The van der Waals surface area contributed by atoms with Crippen LogP contribution in [0.4, 0.5) is 0 Å². The third kappa shape index (κ3) is 6.40. The number of hydrogen-bond acceptors (Lipinski definition) is 4. The smallest absolute Gasteiger partial charge is 0.235 e. The van der Waals surface area contributed by atoms with E-state index in [9.17, 15) is 13.2 Å². The topological polar surface area (TPSA) is 78.5 Å². The minimum Gasteiger partial charge on any atom is -0.354 e. The van der Waals surface area contributed by atoms with E-state index < -0.39 is 10.0 Å². The van der Waals surface area contributed by atoms with Crippen molar-refractivity contribution in [3.8, 4) is 0 Å². The fourth-order valence-electron chi connectivity index (χ4n) is 3.05.